The van der Waals surface area contributed by atoms with Gasteiger partial charge in [-0.05, 0) is 82.9 Å². The maximum absolute atomic E-state index is 13.8. The average molecular weight is 669 g/mol. The predicted octanol–water partition coefficient (Wildman–Crippen LogP) is 7.57. The van der Waals surface area contributed by atoms with Crippen molar-refractivity contribution in [1.29, 1.82) is 0 Å². The second-order valence-electron chi connectivity index (χ2n) is 9.73. The van der Waals surface area contributed by atoms with Crippen molar-refractivity contribution in [1.82, 2.24) is 10.6 Å². The number of carbonyl (C=O) groups excluding carboxylic acids is 2. The van der Waals surface area contributed by atoms with Gasteiger partial charge in [0.15, 0.2) is 0 Å². The monoisotopic (exact) mass is 666 g/mol. The van der Waals surface area contributed by atoms with E-state index in [1.807, 2.05) is 0 Å². The molecule has 1 saturated carbocycles. The fourth-order valence-corrected chi connectivity index (χ4v) is 5.57. The quantitative estimate of drug-likeness (QED) is 0.271. The lowest BCUT2D eigenvalue weighted by atomic mass is 9.97. The normalized spacial score (nSPS) is 19.2. The van der Waals surface area contributed by atoms with Crippen LogP contribution in [-0.4, -0.2) is 43.3 Å². The predicted molar refractivity (Wildman–Crippen MR) is 149 cm³/mol. The molecule has 0 spiro atoms. The van der Waals surface area contributed by atoms with Crippen LogP contribution in [0.5, 0.6) is 0 Å². The van der Waals surface area contributed by atoms with Crippen molar-refractivity contribution < 1.29 is 27.5 Å². The molecule has 2 fully saturated rings. The SMILES string of the molecule is O=C(NC1(C(=O)NCCC2CCOC2)CC1)c1ccc(/C=C/C(c2cc(Cl)c(Cl)c(Cl)c2)C(F)(F)F)cc1Br. The molecule has 2 aromatic rings. The minimum atomic E-state index is -4.61. The highest BCUT2D eigenvalue weighted by molar-refractivity contribution is 9.10. The van der Waals surface area contributed by atoms with Gasteiger partial charge in [0.05, 0.1) is 26.5 Å². The number of ether oxygens (including phenoxy) is 1. The molecule has 1 heterocycles. The van der Waals surface area contributed by atoms with E-state index >= 15 is 0 Å². The molecule has 0 aromatic heterocycles. The lowest BCUT2D eigenvalue weighted by molar-refractivity contribution is -0.139. The van der Waals surface area contributed by atoms with E-state index in [9.17, 15) is 22.8 Å². The molecular formula is C27H25BrCl3F3N2O3. The average Bonchev–Trinajstić information content (AvgIpc) is 3.45. The van der Waals surface area contributed by atoms with Gasteiger partial charge in [-0.3, -0.25) is 9.59 Å². The molecule has 39 heavy (non-hydrogen) atoms. The van der Waals surface area contributed by atoms with Crippen molar-refractivity contribution >= 4 is 68.6 Å². The summed E-state index contributed by atoms with van der Waals surface area (Å²) in [5.74, 6) is -2.22. The molecule has 0 bridgehead atoms. The van der Waals surface area contributed by atoms with Gasteiger partial charge in [-0.15, -0.1) is 0 Å². The topological polar surface area (TPSA) is 67.4 Å². The van der Waals surface area contributed by atoms with Gasteiger partial charge in [0.1, 0.15) is 5.54 Å². The molecule has 2 amide bonds. The molecule has 0 radical (unpaired) electrons. The fourth-order valence-electron chi connectivity index (χ4n) is 4.38. The van der Waals surface area contributed by atoms with Gasteiger partial charge in [0.2, 0.25) is 5.91 Å². The Balaban J connectivity index is 1.42. The number of allylic oxidation sites excluding steroid dienone is 1. The van der Waals surface area contributed by atoms with Gasteiger partial charge in [0.25, 0.3) is 5.91 Å². The van der Waals surface area contributed by atoms with Crippen LogP contribution in [0.3, 0.4) is 0 Å². The first-order valence-electron chi connectivity index (χ1n) is 12.3. The van der Waals surface area contributed by atoms with Crippen molar-refractivity contribution in [2.75, 3.05) is 19.8 Å². The standard InChI is InChI=1S/C27H25BrCl3F3N2O3/c28-20-11-15(2-4-19(27(32,33)34)17-12-21(29)23(31)22(30)13-17)1-3-18(20)24(37)36-26(7-8-26)25(38)35-9-5-16-6-10-39-14-16/h1-4,11-13,16,19H,5-10,14H2,(H,35,38)(H,36,37)/b4-2+. The number of amides is 2. The smallest absolute Gasteiger partial charge is 0.381 e. The van der Waals surface area contributed by atoms with Crippen molar-refractivity contribution in [2.45, 2.75) is 43.3 Å². The van der Waals surface area contributed by atoms with E-state index in [-0.39, 0.29) is 32.1 Å². The van der Waals surface area contributed by atoms with Crippen molar-refractivity contribution in [3.05, 3.63) is 72.6 Å². The Morgan fingerprint density at radius 2 is 1.85 bits per heavy atom. The first-order valence-corrected chi connectivity index (χ1v) is 14.2. The molecule has 2 N–H and O–H groups in total. The van der Waals surface area contributed by atoms with Gasteiger partial charge in [-0.25, -0.2) is 0 Å². The summed E-state index contributed by atoms with van der Waals surface area (Å²) in [5, 5.41) is 5.55. The summed E-state index contributed by atoms with van der Waals surface area (Å²) < 4.78 is 47.2. The summed E-state index contributed by atoms with van der Waals surface area (Å²) >= 11 is 21.1. The first-order chi connectivity index (χ1) is 18.4. The maximum atomic E-state index is 13.8. The molecule has 1 aliphatic heterocycles. The van der Waals surface area contributed by atoms with Crippen LogP contribution in [0.15, 0.2) is 40.9 Å². The van der Waals surface area contributed by atoms with Crippen LogP contribution < -0.4 is 10.6 Å². The number of rotatable bonds is 9. The molecule has 2 atom stereocenters. The lowest BCUT2D eigenvalue weighted by Gasteiger charge is -2.19. The Bertz CT molecular complexity index is 1260. The highest BCUT2D eigenvalue weighted by Gasteiger charge is 2.51. The van der Waals surface area contributed by atoms with E-state index in [1.165, 1.54) is 24.3 Å². The highest BCUT2D eigenvalue weighted by atomic mass is 79.9. The summed E-state index contributed by atoms with van der Waals surface area (Å²) in [6.07, 6.45) is 0.546. The summed E-state index contributed by atoms with van der Waals surface area (Å²) in [6.45, 7) is 1.97. The summed E-state index contributed by atoms with van der Waals surface area (Å²) in [6, 6.07) is 6.81. The molecule has 5 nitrogen and oxygen atoms in total. The second-order valence-corrected chi connectivity index (χ2v) is 11.8. The highest BCUT2D eigenvalue weighted by Crippen LogP contribution is 2.41. The Labute approximate surface area is 247 Å². The van der Waals surface area contributed by atoms with Crippen LogP contribution in [0.2, 0.25) is 15.1 Å². The van der Waals surface area contributed by atoms with Gasteiger partial charge < -0.3 is 15.4 Å². The maximum Gasteiger partial charge on any atom is 0.399 e. The summed E-state index contributed by atoms with van der Waals surface area (Å²) in [4.78, 5) is 25.7. The third-order valence-electron chi connectivity index (χ3n) is 6.84. The van der Waals surface area contributed by atoms with Crippen LogP contribution >= 0.6 is 50.7 Å². The molecular weight excluding hydrogens is 644 g/mol. The van der Waals surface area contributed by atoms with E-state index in [4.69, 9.17) is 39.5 Å². The van der Waals surface area contributed by atoms with Gasteiger partial charge >= 0.3 is 6.18 Å². The molecule has 4 rings (SSSR count). The first kappa shape index (κ1) is 30.2. The minimum absolute atomic E-state index is 0.0191. The van der Waals surface area contributed by atoms with Crippen molar-refractivity contribution in [3.8, 4) is 0 Å². The summed E-state index contributed by atoms with van der Waals surface area (Å²) in [5.41, 5.74) is -0.410. The number of nitrogens with one attached hydrogen (secondary N) is 2. The number of hydrogen-bond donors (Lipinski definition) is 2. The Hall–Kier alpha value is -1.78. The zero-order valence-electron chi connectivity index (χ0n) is 20.5. The Kier molecular flexibility index (Phi) is 9.59. The third kappa shape index (κ3) is 7.50. The molecule has 210 valence electrons. The van der Waals surface area contributed by atoms with Crippen molar-refractivity contribution in [2.24, 2.45) is 5.92 Å². The van der Waals surface area contributed by atoms with Gasteiger partial charge in [-0.2, -0.15) is 13.2 Å². The Morgan fingerprint density at radius 1 is 1.15 bits per heavy atom. The fraction of sp³-hybridized carbons (Fsp3) is 0.407. The largest absolute Gasteiger partial charge is 0.399 e. The van der Waals surface area contributed by atoms with Crippen LogP contribution in [0.25, 0.3) is 6.08 Å². The zero-order valence-corrected chi connectivity index (χ0v) is 24.4. The number of halogens is 7. The molecule has 1 saturated heterocycles. The van der Waals surface area contributed by atoms with E-state index < -0.39 is 23.5 Å². The number of benzene rings is 2. The van der Waals surface area contributed by atoms with E-state index in [0.717, 1.165) is 37.7 Å². The lowest BCUT2D eigenvalue weighted by Crippen LogP contribution is -2.49. The van der Waals surface area contributed by atoms with E-state index in [0.29, 0.717) is 41.9 Å². The van der Waals surface area contributed by atoms with E-state index in [1.54, 1.807) is 0 Å². The third-order valence-corrected chi connectivity index (χ3v) is 8.69. The molecule has 2 aliphatic rings. The molecule has 12 heteroatoms. The second kappa shape index (κ2) is 12.4. The number of carbonyl (C=O) groups is 2. The minimum Gasteiger partial charge on any atom is -0.381 e. The molecule has 1 aliphatic carbocycles. The van der Waals surface area contributed by atoms with Crippen LogP contribution in [-0.2, 0) is 9.53 Å². The van der Waals surface area contributed by atoms with Crippen LogP contribution in [0.4, 0.5) is 13.2 Å². The molecule has 2 aromatic carbocycles. The number of alkyl halides is 3. The number of hydrogen-bond acceptors (Lipinski definition) is 3. The van der Waals surface area contributed by atoms with Crippen LogP contribution in [0, 0.1) is 5.92 Å². The zero-order chi connectivity index (χ0) is 28.4. The van der Waals surface area contributed by atoms with Crippen molar-refractivity contribution in [3.63, 3.8) is 0 Å². The van der Waals surface area contributed by atoms with Crippen LogP contribution in [0.1, 0.15) is 53.1 Å². The molecule has 2 unspecified atom stereocenters. The van der Waals surface area contributed by atoms with Gasteiger partial charge in [-0.1, -0.05) is 53.0 Å². The Morgan fingerprint density at radius 3 is 2.41 bits per heavy atom. The van der Waals surface area contributed by atoms with E-state index in [2.05, 4.69) is 26.6 Å². The summed E-state index contributed by atoms with van der Waals surface area (Å²) in [7, 11) is 0. The van der Waals surface area contributed by atoms with Gasteiger partial charge in [0, 0.05) is 24.2 Å².